The fourth-order valence-electron chi connectivity index (χ4n) is 2.22. The number of carbonyl (C=O) groups is 1. The maximum atomic E-state index is 11.2. The molecule has 0 bridgehead atoms. The van der Waals surface area contributed by atoms with Crippen LogP contribution in [0.1, 0.15) is 12.0 Å². The van der Waals surface area contributed by atoms with Crippen molar-refractivity contribution in [2.75, 3.05) is 32.1 Å². The van der Waals surface area contributed by atoms with Gasteiger partial charge < -0.3 is 20.3 Å². The van der Waals surface area contributed by atoms with Crippen molar-refractivity contribution in [3.05, 3.63) is 23.9 Å². The first kappa shape index (κ1) is 13.6. The lowest BCUT2D eigenvalue weighted by Crippen LogP contribution is -2.37. The third-order valence-corrected chi connectivity index (χ3v) is 3.21. The Morgan fingerprint density at radius 3 is 3.05 bits per heavy atom. The van der Waals surface area contributed by atoms with Gasteiger partial charge in [-0.15, -0.1) is 0 Å². The van der Waals surface area contributed by atoms with Crippen molar-refractivity contribution in [3.63, 3.8) is 0 Å². The molecule has 6 heteroatoms. The lowest BCUT2D eigenvalue weighted by Gasteiger charge is -2.18. The first-order chi connectivity index (χ1) is 9.22. The maximum absolute atomic E-state index is 11.2. The molecular weight excluding hydrogens is 244 g/mol. The molecule has 0 aliphatic carbocycles. The van der Waals surface area contributed by atoms with E-state index in [2.05, 4.69) is 31.3 Å². The van der Waals surface area contributed by atoms with E-state index in [1.807, 2.05) is 19.3 Å². The quantitative estimate of drug-likeness (QED) is 0.839. The van der Waals surface area contributed by atoms with E-state index >= 15 is 0 Å². The second kappa shape index (κ2) is 6.38. The van der Waals surface area contributed by atoms with E-state index in [0.29, 0.717) is 0 Å². The van der Waals surface area contributed by atoms with E-state index in [4.69, 9.17) is 0 Å². The molecule has 0 radical (unpaired) electrons. The van der Waals surface area contributed by atoms with Crippen LogP contribution in [-0.4, -0.2) is 44.4 Å². The number of methoxy groups -OCH3 is 1. The minimum atomic E-state index is -0.371. The molecule has 1 atom stereocenters. The van der Waals surface area contributed by atoms with Crippen LogP contribution in [-0.2, 0) is 11.3 Å². The number of nitrogens with zero attached hydrogens (tertiary/aromatic N) is 2. The summed E-state index contributed by atoms with van der Waals surface area (Å²) in [6.07, 6.45) is 2.42. The molecule has 0 aromatic carbocycles. The predicted molar refractivity (Wildman–Crippen MR) is 73.2 cm³/mol. The third-order valence-electron chi connectivity index (χ3n) is 3.21. The zero-order valence-corrected chi connectivity index (χ0v) is 11.3. The van der Waals surface area contributed by atoms with Crippen LogP contribution in [0.4, 0.5) is 10.6 Å². The fraction of sp³-hybridized carbons (Fsp3) is 0.538. The molecule has 104 valence electrons. The summed E-state index contributed by atoms with van der Waals surface area (Å²) in [4.78, 5) is 17.8. The molecule has 1 aromatic rings. The number of alkyl carbamates (subject to hydrolysis) is 1. The van der Waals surface area contributed by atoms with Crippen LogP contribution in [0, 0.1) is 0 Å². The molecule has 19 heavy (non-hydrogen) atoms. The number of nitrogens with one attached hydrogen (secondary N) is 2. The highest BCUT2D eigenvalue weighted by atomic mass is 16.5. The SMILES string of the molecule is CNCc1ccc(N2CCC(NC(=O)OC)C2)nc1. The topological polar surface area (TPSA) is 66.5 Å². The Balaban J connectivity index is 1.91. The van der Waals surface area contributed by atoms with Gasteiger partial charge in [-0.25, -0.2) is 9.78 Å². The summed E-state index contributed by atoms with van der Waals surface area (Å²) in [7, 11) is 3.29. The van der Waals surface area contributed by atoms with Gasteiger partial charge in [0, 0.05) is 25.8 Å². The van der Waals surface area contributed by atoms with Crippen molar-refractivity contribution < 1.29 is 9.53 Å². The molecule has 0 spiro atoms. The molecule has 0 saturated carbocycles. The molecule has 1 saturated heterocycles. The Hall–Kier alpha value is -1.82. The van der Waals surface area contributed by atoms with Crippen molar-refractivity contribution in [1.29, 1.82) is 0 Å². The van der Waals surface area contributed by atoms with Crippen LogP contribution in [0.3, 0.4) is 0 Å². The Morgan fingerprint density at radius 1 is 1.58 bits per heavy atom. The van der Waals surface area contributed by atoms with Gasteiger partial charge in [-0.05, 0) is 25.1 Å². The molecule has 1 aliphatic rings. The maximum Gasteiger partial charge on any atom is 0.407 e. The number of ether oxygens (including phenoxy) is 1. The van der Waals surface area contributed by atoms with Gasteiger partial charge in [-0.1, -0.05) is 6.07 Å². The summed E-state index contributed by atoms with van der Waals surface area (Å²) >= 11 is 0. The predicted octanol–water partition coefficient (Wildman–Crippen LogP) is 0.736. The molecular formula is C13H20N4O2. The highest BCUT2D eigenvalue weighted by molar-refractivity contribution is 5.67. The number of amides is 1. The fourth-order valence-corrected chi connectivity index (χ4v) is 2.22. The number of hydrogen-bond acceptors (Lipinski definition) is 5. The van der Waals surface area contributed by atoms with Crippen LogP contribution in [0.25, 0.3) is 0 Å². The van der Waals surface area contributed by atoms with Gasteiger partial charge in [0.25, 0.3) is 0 Å². The van der Waals surface area contributed by atoms with E-state index in [-0.39, 0.29) is 12.1 Å². The van der Waals surface area contributed by atoms with E-state index in [1.165, 1.54) is 7.11 Å². The Labute approximate surface area is 113 Å². The van der Waals surface area contributed by atoms with Gasteiger partial charge in [0.2, 0.25) is 0 Å². The van der Waals surface area contributed by atoms with Gasteiger partial charge in [-0.2, -0.15) is 0 Å². The minimum Gasteiger partial charge on any atom is -0.453 e. The van der Waals surface area contributed by atoms with Crippen molar-refractivity contribution in [3.8, 4) is 0 Å². The second-order valence-corrected chi connectivity index (χ2v) is 4.62. The number of hydrogen-bond donors (Lipinski definition) is 2. The number of anilines is 1. The smallest absolute Gasteiger partial charge is 0.407 e. The Kier molecular flexibility index (Phi) is 4.57. The monoisotopic (exact) mass is 264 g/mol. The number of aromatic nitrogens is 1. The third kappa shape index (κ3) is 3.57. The molecule has 1 aliphatic heterocycles. The highest BCUT2D eigenvalue weighted by Crippen LogP contribution is 2.18. The van der Waals surface area contributed by atoms with Gasteiger partial charge in [0.15, 0.2) is 0 Å². The van der Waals surface area contributed by atoms with Crippen LogP contribution in [0.2, 0.25) is 0 Å². The molecule has 1 fully saturated rings. The lowest BCUT2D eigenvalue weighted by molar-refractivity contribution is 0.167. The standard InChI is InChI=1S/C13H20N4O2/c1-14-7-10-3-4-12(15-8-10)17-6-5-11(9-17)16-13(18)19-2/h3-4,8,11,14H,5-7,9H2,1-2H3,(H,16,18). The van der Waals surface area contributed by atoms with Crippen molar-refractivity contribution in [2.24, 2.45) is 0 Å². The number of rotatable bonds is 4. The van der Waals surface area contributed by atoms with Gasteiger partial charge in [-0.3, -0.25) is 0 Å². The Morgan fingerprint density at radius 2 is 2.42 bits per heavy atom. The summed E-state index contributed by atoms with van der Waals surface area (Å²) < 4.78 is 4.60. The lowest BCUT2D eigenvalue weighted by atomic mass is 10.3. The molecule has 6 nitrogen and oxygen atoms in total. The second-order valence-electron chi connectivity index (χ2n) is 4.62. The summed E-state index contributed by atoms with van der Waals surface area (Å²) in [6.45, 7) is 2.49. The summed E-state index contributed by atoms with van der Waals surface area (Å²) in [5.74, 6) is 0.953. The average Bonchev–Trinajstić information content (AvgIpc) is 2.88. The molecule has 2 rings (SSSR count). The molecule has 1 aromatic heterocycles. The largest absolute Gasteiger partial charge is 0.453 e. The van der Waals surface area contributed by atoms with Crippen molar-refractivity contribution >= 4 is 11.9 Å². The van der Waals surface area contributed by atoms with E-state index in [1.54, 1.807) is 0 Å². The molecule has 2 N–H and O–H groups in total. The number of pyridine rings is 1. The highest BCUT2D eigenvalue weighted by Gasteiger charge is 2.24. The molecule has 1 unspecified atom stereocenters. The van der Waals surface area contributed by atoms with Crippen LogP contribution < -0.4 is 15.5 Å². The zero-order chi connectivity index (χ0) is 13.7. The van der Waals surface area contributed by atoms with Crippen molar-refractivity contribution in [1.82, 2.24) is 15.6 Å². The first-order valence-electron chi connectivity index (χ1n) is 6.42. The van der Waals surface area contributed by atoms with Gasteiger partial charge in [0.1, 0.15) is 5.82 Å². The zero-order valence-electron chi connectivity index (χ0n) is 11.3. The summed E-state index contributed by atoms with van der Waals surface area (Å²) in [5.41, 5.74) is 1.16. The number of carbonyl (C=O) groups excluding carboxylic acids is 1. The van der Waals surface area contributed by atoms with E-state index < -0.39 is 0 Å². The summed E-state index contributed by atoms with van der Waals surface area (Å²) in [6, 6.07) is 4.22. The Bertz CT molecular complexity index is 421. The van der Waals surface area contributed by atoms with Crippen molar-refractivity contribution in [2.45, 2.75) is 19.0 Å². The normalized spacial score (nSPS) is 18.4. The minimum absolute atomic E-state index is 0.131. The van der Waals surface area contributed by atoms with Gasteiger partial charge in [0.05, 0.1) is 13.2 Å². The van der Waals surface area contributed by atoms with Gasteiger partial charge >= 0.3 is 6.09 Å². The first-order valence-corrected chi connectivity index (χ1v) is 6.42. The van der Waals surface area contributed by atoms with Crippen LogP contribution in [0.5, 0.6) is 0 Å². The van der Waals surface area contributed by atoms with E-state index in [0.717, 1.165) is 37.4 Å². The molecule has 1 amide bonds. The summed E-state index contributed by atoms with van der Waals surface area (Å²) in [5, 5.41) is 5.91. The van der Waals surface area contributed by atoms with E-state index in [9.17, 15) is 4.79 Å². The average molecular weight is 264 g/mol. The molecule has 2 heterocycles. The van der Waals surface area contributed by atoms with Crippen LogP contribution in [0.15, 0.2) is 18.3 Å². The van der Waals surface area contributed by atoms with Crippen LogP contribution >= 0.6 is 0 Å².